The fraction of sp³-hybridized carbons (Fsp3) is 0.353. The highest BCUT2D eigenvalue weighted by atomic mass is 19.1. The van der Waals surface area contributed by atoms with Gasteiger partial charge in [-0.25, -0.2) is 19.2 Å². The van der Waals surface area contributed by atoms with E-state index in [-0.39, 0.29) is 23.9 Å². The van der Waals surface area contributed by atoms with Crippen LogP contribution in [0.4, 0.5) is 15.0 Å². The lowest BCUT2D eigenvalue weighted by atomic mass is 10.1. The normalized spacial score (nSPS) is 20.4. The summed E-state index contributed by atoms with van der Waals surface area (Å²) in [6, 6.07) is 5.88. The van der Waals surface area contributed by atoms with Crippen LogP contribution in [0.15, 0.2) is 30.5 Å². The molecule has 1 fully saturated rings. The van der Waals surface area contributed by atoms with Crippen molar-refractivity contribution >= 4 is 11.9 Å². The summed E-state index contributed by atoms with van der Waals surface area (Å²) >= 11 is 0. The monoisotopic (exact) mass is 346 g/mol. The number of amides is 1. The van der Waals surface area contributed by atoms with Gasteiger partial charge in [0, 0.05) is 18.7 Å². The van der Waals surface area contributed by atoms with Crippen LogP contribution in [0, 0.1) is 5.82 Å². The zero-order chi connectivity index (χ0) is 18.0. The maximum absolute atomic E-state index is 13.3. The van der Waals surface area contributed by atoms with Gasteiger partial charge in [0.05, 0.1) is 18.4 Å². The molecule has 7 nitrogen and oxygen atoms in total. The van der Waals surface area contributed by atoms with Crippen LogP contribution in [-0.2, 0) is 4.74 Å². The topological polar surface area (TPSA) is 90.6 Å². The van der Waals surface area contributed by atoms with E-state index in [0.717, 1.165) is 0 Å². The quantitative estimate of drug-likeness (QED) is 0.917. The molecular weight excluding hydrogens is 327 g/mol. The Morgan fingerprint density at radius 3 is 2.52 bits per heavy atom. The maximum Gasteiger partial charge on any atom is 0.411 e. The Bertz CT molecular complexity index is 759. The van der Waals surface area contributed by atoms with Gasteiger partial charge in [-0.2, -0.15) is 0 Å². The molecule has 8 heteroatoms. The second kappa shape index (κ2) is 7.02. The molecule has 0 bridgehead atoms. The number of rotatable bonds is 3. The number of primary amides is 1. The largest absolute Gasteiger partial charge is 0.411 e. The van der Waals surface area contributed by atoms with Gasteiger partial charge in [0.2, 0.25) is 5.88 Å². The van der Waals surface area contributed by atoms with E-state index in [0.29, 0.717) is 30.2 Å². The molecule has 0 aliphatic carbocycles. The average molecular weight is 346 g/mol. The fourth-order valence-corrected chi connectivity index (χ4v) is 2.90. The van der Waals surface area contributed by atoms with Gasteiger partial charge in [0.25, 0.3) is 0 Å². The van der Waals surface area contributed by atoms with Gasteiger partial charge in [0.15, 0.2) is 5.82 Å². The minimum absolute atomic E-state index is 0.00932. The SMILES string of the molecule is CC1CN(c2ncc(OC(N)=O)nc2-c2ccc(F)cc2)CC(C)O1. The highest BCUT2D eigenvalue weighted by Gasteiger charge is 2.26. The molecule has 1 aliphatic rings. The number of aromatic nitrogens is 2. The van der Waals surface area contributed by atoms with Gasteiger partial charge in [-0.1, -0.05) is 0 Å². The molecule has 25 heavy (non-hydrogen) atoms. The van der Waals surface area contributed by atoms with Crippen molar-refractivity contribution in [2.24, 2.45) is 5.73 Å². The molecule has 132 valence electrons. The first-order valence-corrected chi connectivity index (χ1v) is 7.93. The van der Waals surface area contributed by atoms with E-state index in [9.17, 15) is 9.18 Å². The molecule has 0 spiro atoms. The first kappa shape index (κ1) is 17.1. The summed E-state index contributed by atoms with van der Waals surface area (Å²) < 4.78 is 23.8. The first-order chi connectivity index (χ1) is 11.9. The summed E-state index contributed by atoms with van der Waals surface area (Å²) in [7, 11) is 0. The number of morpholine rings is 1. The van der Waals surface area contributed by atoms with E-state index >= 15 is 0 Å². The number of carbonyl (C=O) groups excluding carboxylic acids is 1. The predicted octanol–water partition coefficient (Wildman–Crippen LogP) is 2.35. The Morgan fingerprint density at radius 1 is 1.28 bits per heavy atom. The lowest BCUT2D eigenvalue weighted by Crippen LogP contribution is -2.46. The van der Waals surface area contributed by atoms with Gasteiger partial charge in [-0.15, -0.1) is 0 Å². The van der Waals surface area contributed by atoms with Crippen molar-refractivity contribution in [1.82, 2.24) is 9.97 Å². The van der Waals surface area contributed by atoms with E-state index in [1.165, 1.54) is 18.3 Å². The smallest absolute Gasteiger partial charge is 0.390 e. The van der Waals surface area contributed by atoms with E-state index in [1.54, 1.807) is 12.1 Å². The van der Waals surface area contributed by atoms with Crippen molar-refractivity contribution in [2.45, 2.75) is 26.1 Å². The molecule has 1 aromatic carbocycles. The van der Waals surface area contributed by atoms with E-state index in [2.05, 4.69) is 14.9 Å². The van der Waals surface area contributed by atoms with E-state index in [1.807, 2.05) is 13.8 Å². The number of anilines is 1. The first-order valence-electron chi connectivity index (χ1n) is 7.93. The molecule has 0 saturated carbocycles. The number of hydrogen-bond donors (Lipinski definition) is 1. The minimum Gasteiger partial charge on any atom is -0.390 e. The number of halogens is 1. The Labute approximate surface area is 144 Å². The van der Waals surface area contributed by atoms with Crippen LogP contribution in [0.1, 0.15) is 13.8 Å². The molecule has 1 saturated heterocycles. The van der Waals surface area contributed by atoms with Gasteiger partial charge < -0.3 is 20.1 Å². The summed E-state index contributed by atoms with van der Waals surface area (Å²) in [5.74, 6) is 0.256. The van der Waals surface area contributed by atoms with Gasteiger partial charge in [-0.05, 0) is 38.1 Å². The summed E-state index contributed by atoms with van der Waals surface area (Å²) in [5, 5.41) is 0. The van der Waals surface area contributed by atoms with E-state index < -0.39 is 6.09 Å². The Morgan fingerprint density at radius 2 is 1.92 bits per heavy atom. The number of carbonyl (C=O) groups is 1. The highest BCUT2D eigenvalue weighted by molar-refractivity contribution is 5.73. The van der Waals surface area contributed by atoms with Gasteiger partial charge in [0.1, 0.15) is 11.5 Å². The van der Waals surface area contributed by atoms with Gasteiger partial charge in [-0.3, -0.25) is 0 Å². The summed E-state index contributed by atoms with van der Waals surface area (Å²) in [5.41, 5.74) is 6.19. The highest BCUT2D eigenvalue weighted by Crippen LogP contribution is 2.31. The third-order valence-electron chi connectivity index (χ3n) is 3.77. The molecule has 0 radical (unpaired) electrons. The molecule has 1 aromatic heterocycles. The number of benzene rings is 1. The number of nitrogens with zero attached hydrogens (tertiary/aromatic N) is 3. The maximum atomic E-state index is 13.3. The minimum atomic E-state index is -0.972. The Kier molecular flexibility index (Phi) is 4.80. The van der Waals surface area contributed by atoms with Crippen LogP contribution in [-0.4, -0.2) is 41.4 Å². The van der Waals surface area contributed by atoms with E-state index in [4.69, 9.17) is 15.2 Å². The molecule has 1 amide bonds. The van der Waals surface area contributed by atoms with Crippen molar-refractivity contribution in [3.63, 3.8) is 0 Å². The van der Waals surface area contributed by atoms with Crippen LogP contribution in [0.25, 0.3) is 11.3 Å². The molecule has 2 atom stereocenters. The second-order valence-electron chi connectivity index (χ2n) is 5.97. The number of nitrogens with two attached hydrogens (primary N) is 1. The summed E-state index contributed by atoms with van der Waals surface area (Å²) in [6.45, 7) is 5.25. The van der Waals surface area contributed by atoms with Crippen LogP contribution in [0.2, 0.25) is 0 Å². The summed E-state index contributed by atoms with van der Waals surface area (Å²) in [6.07, 6.45) is 0.444. The molecule has 2 aromatic rings. The molecule has 3 rings (SSSR count). The molecular formula is C17H19FN4O3. The Balaban J connectivity index is 2.04. The van der Waals surface area contributed by atoms with Crippen molar-refractivity contribution < 1.29 is 18.7 Å². The third-order valence-corrected chi connectivity index (χ3v) is 3.77. The summed E-state index contributed by atoms with van der Waals surface area (Å²) in [4.78, 5) is 21.8. The molecule has 1 aliphatic heterocycles. The number of ether oxygens (including phenoxy) is 2. The molecule has 2 N–H and O–H groups in total. The molecule has 2 unspecified atom stereocenters. The van der Waals surface area contributed by atoms with Crippen LogP contribution >= 0.6 is 0 Å². The van der Waals surface area contributed by atoms with Crippen LogP contribution in [0.5, 0.6) is 5.88 Å². The second-order valence-corrected chi connectivity index (χ2v) is 5.97. The van der Waals surface area contributed by atoms with Crippen molar-refractivity contribution in [3.8, 4) is 17.1 Å². The zero-order valence-electron chi connectivity index (χ0n) is 14.0. The average Bonchev–Trinajstić information content (AvgIpc) is 2.54. The van der Waals surface area contributed by atoms with Crippen molar-refractivity contribution in [1.29, 1.82) is 0 Å². The third kappa shape index (κ3) is 4.03. The Hall–Kier alpha value is -2.74. The lowest BCUT2D eigenvalue weighted by Gasteiger charge is -2.36. The molecule has 2 heterocycles. The zero-order valence-corrected chi connectivity index (χ0v) is 14.0. The van der Waals surface area contributed by atoms with Crippen molar-refractivity contribution in [3.05, 3.63) is 36.3 Å². The lowest BCUT2D eigenvalue weighted by molar-refractivity contribution is -0.00544. The van der Waals surface area contributed by atoms with Gasteiger partial charge >= 0.3 is 6.09 Å². The van der Waals surface area contributed by atoms with Crippen LogP contribution < -0.4 is 15.4 Å². The number of hydrogen-bond acceptors (Lipinski definition) is 6. The van der Waals surface area contributed by atoms with Crippen LogP contribution in [0.3, 0.4) is 0 Å². The van der Waals surface area contributed by atoms with Crippen molar-refractivity contribution in [2.75, 3.05) is 18.0 Å². The fourth-order valence-electron chi connectivity index (χ4n) is 2.90. The predicted molar refractivity (Wildman–Crippen MR) is 89.9 cm³/mol. The standard InChI is InChI=1S/C17H19FN4O3/c1-10-8-22(9-11(2)24-10)16-15(12-3-5-13(18)6-4-12)21-14(7-20-16)25-17(19)23/h3-7,10-11H,8-9H2,1-2H3,(H2,19,23).